The molecule has 0 aromatic heterocycles. The molecular weight excluding hydrogens is 367 g/mol. The first-order valence-electron chi connectivity index (χ1n) is 10.7. The van der Waals surface area contributed by atoms with E-state index in [1.165, 1.54) is 6.07 Å². The Morgan fingerprint density at radius 1 is 1.10 bits per heavy atom. The van der Waals surface area contributed by atoms with Crippen LogP contribution in [0.5, 0.6) is 0 Å². The van der Waals surface area contributed by atoms with Gasteiger partial charge in [0, 0.05) is 24.1 Å². The van der Waals surface area contributed by atoms with Gasteiger partial charge in [-0.2, -0.15) is 0 Å². The minimum atomic E-state index is -0.254. The molecule has 152 valence electrons. The summed E-state index contributed by atoms with van der Waals surface area (Å²) in [6.07, 6.45) is 5.15. The first kappa shape index (κ1) is 18.6. The smallest absolute Gasteiger partial charge is 0.226 e. The number of hydrogen-bond donors (Lipinski definition) is 2. The van der Waals surface area contributed by atoms with Gasteiger partial charge in [0.15, 0.2) is 0 Å². The van der Waals surface area contributed by atoms with Gasteiger partial charge in [-0.15, -0.1) is 0 Å². The van der Waals surface area contributed by atoms with E-state index in [-0.39, 0.29) is 42.3 Å². The van der Waals surface area contributed by atoms with Crippen molar-refractivity contribution >= 4 is 11.6 Å². The van der Waals surface area contributed by atoms with Crippen LogP contribution >= 0.6 is 0 Å². The van der Waals surface area contributed by atoms with Crippen LogP contribution in [0.25, 0.3) is 11.1 Å². The molecular formula is C24H27FN2O2. The van der Waals surface area contributed by atoms with E-state index in [9.17, 15) is 14.3 Å². The number of benzene rings is 2. The molecule has 1 amide bonds. The molecule has 2 heterocycles. The molecule has 4 nitrogen and oxygen atoms in total. The average molecular weight is 394 g/mol. The van der Waals surface area contributed by atoms with Crippen molar-refractivity contribution in [1.82, 2.24) is 4.90 Å². The van der Waals surface area contributed by atoms with E-state index < -0.39 is 0 Å². The highest BCUT2D eigenvalue weighted by atomic mass is 19.1. The second kappa shape index (κ2) is 7.45. The van der Waals surface area contributed by atoms with Crippen molar-refractivity contribution < 1.29 is 14.3 Å². The fourth-order valence-electron chi connectivity index (χ4n) is 5.56. The molecule has 0 bridgehead atoms. The zero-order valence-corrected chi connectivity index (χ0v) is 16.5. The fourth-order valence-corrected chi connectivity index (χ4v) is 5.56. The van der Waals surface area contributed by atoms with Gasteiger partial charge in [-0.25, -0.2) is 4.39 Å². The van der Waals surface area contributed by atoms with Gasteiger partial charge in [0.05, 0.1) is 18.7 Å². The van der Waals surface area contributed by atoms with Gasteiger partial charge in [-0.1, -0.05) is 31.0 Å². The number of aliphatic hydroxyl groups excluding tert-OH is 1. The number of fused-ring (bicyclic) bond motifs is 3. The van der Waals surface area contributed by atoms with E-state index >= 15 is 0 Å². The van der Waals surface area contributed by atoms with Gasteiger partial charge in [0.1, 0.15) is 5.82 Å². The van der Waals surface area contributed by atoms with Crippen molar-refractivity contribution in [2.75, 3.05) is 18.5 Å². The maximum atomic E-state index is 13.8. The number of halogens is 1. The second-order valence-corrected chi connectivity index (χ2v) is 8.66. The number of carbonyl (C=O) groups excluding carboxylic acids is 1. The third kappa shape index (κ3) is 3.21. The van der Waals surface area contributed by atoms with E-state index in [1.807, 2.05) is 18.2 Å². The molecule has 1 aliphatic carbocycles. The highest BCUT2D eigenvalue weighted by Crippen LogP contribution is 2.48. The predicted octanol–water partition coefficient (Wildman–Crippen LogP) is 4.36. The normalized spacial score (nSPS) is 26.1. The molecule has 2 fully saturated rings. The Hall–Kier alpha value is -2.40. The topological polar surface area (TPSA) is 52.6 Å². The summed E-state index contributed by atoms with van der Waals surface area (Å²) in [5.74, 6) is 0.359. The number of hydrogen-bond acceptors (Lipinski definition) is 3. The van der Waals surface area contributed by atoms with Crippen LogP contribution in [0.15, 0.2) is 42.5 Å². The molecule has 2 aromatic carbocycles. The predicted molar refractivity (Wildman–Crippen MR) is 111 cm³/mol. The van der Waals surface area contributed by atoms with E-state index in [0.717, 1.165) is 61.0 Å². The van der Waals surface area contributed by atoms with Gasteiger partial charge >= 0.3 is 0 Å². The Morgan fingerprint density at radius 3 is 2.66 bits per heavy atom. The number of aliphatic hydroxyl groups is 1. The minimum Gasteiger partial charge on any atom is -0.394 e. The largest absolute Gasteiger partial charge is 0.394 e. The molecule has 5 rings (SSSR count). The summed E-state index contributed by atoms with van der Waals surface area (Å²) in [6, 6.07) is 12.6. The van der Waals surface area contributed by atoms with Crippen molar-refractivity contribution in [2.45, 2.75) is 44.2 Å². The van der Waals surface area contributed by atoms with Crippen LogP contribution in [-0.2, 0) is 4.79 Å². The van der Waals surface area contributed by atoms with Gasteiger partial charge in [-0.3, -0.25) is 4.79 Å². The highest BCUT2D eigenvalue weighted by molar-refractivity contribution is 5.81. The highest BCUT2D eigenvalue weighted by Gasteiger charge is 2.47. The van der Waals surface area contributed by atoms with E-state index in [0.29, 0.717) is 0 Å². The van der Waals surface area contributed by atoms with Gasteiger partial charge in [-0.05, 0) is 60.2 Å². The molecule has 0 unspecified atom stereocenters. The lowest BCUT2D eigenvalue weighted by Crippen LogP contribution is -2.44. The van der Waals surface area contributed by atoms with Crippen molar-refractivity contribution in [1.29, 1.82) is 0 Å². The molecule has 29 heavy (non-hydrogen) atoms. The average Bonchev–Trinajstić information content (AvgIpc) is 3.43. The number of carbonyl (C=O) groups is 1. The first-order chi connectivity index (χ1) is 14.2. The monoisotopic (exact) mass is 394 g/mol. The summed E-state index contributed by atoms with van der Waals surface area (Å²) < 4.78 is 13.8. The number of nitrogens with one attached hydrogen (secondary N) is 1. The molecule has 1 saturated carbocycles. The zero-order valence-electron chi connectivity index (χ0n) is 16.5. The number of anilines is 1. The molecule has 2 aliphatic heterocycles. The van der Waals surface area contributed by atoms with Crippen LogP contribution < -0.4 is 5.32 Å². The summed E-state index contributed by atoms with van der Waals surface area (Å²) in [5, 5.41) is 13.4. The lowest BCUT2D eigenvalue weighted by Gasteiger charge is -2.40. The number of nitrogens with zero attached hydrogens (tertiary/aromatic N) is 1. The van der Waals surface area contributed by atoms with Gasteiger partial charge < -0.3 is 15.3 Å². The summed E-state index contributed by atoms with van der Waals surface area (Å²) in [7, 11) is 0. The molecule has 1 saturated heterocycles. The molecule has 3 aliphatic rings. The summed E-state index contributed by atoms with van der Waals surface area (Å²) in [5.41, 5.74) is 3.84. The molecule has 0 radical (unpaired) electrons. The van der Waals surface area contributed by atoms with E-state index in [4.69, 9.17) is 0 Å². The molecule has 5 heteroatoms. The van der Waals surface area contributed by atoms with E-state index in [1.54, 1.807) is 12.1 Å². The van der Waals surface area contributed by atoms with Crippen molar-refractivity contribution in [2.24, 2.45) is 11.8 Å². The molecule has 0 spiro atoms. The first-order valence-corrected chi connectivity index (χ1v) is 10.7. The summed E-state index contributed by atoms with van der Waals surface area (Å²) >= 11 is 0. The Bertz CT molecular complexity index is 925. The van der Waals surface area contributed by atoms with Crippen LogP contribution in [0.2, 0.25) is 0 Å². The van der Waals surface area contributed by atoms with Crippen molar-refractivity contribution in [3.63, 3.8) is 0 Å². The Balaban J connectivity index is 1.55. The second-order valence-electron chi connectivity index (χ2n) is 8.66. The summed E-state index contributed by atoms with van der Waals surface area (Å²) in [4.78, 5) is 15.4. The van der Waals surface area contributed by atoms with Crippen LogP contribution in [0.3, 0.4) is 0 Å². The van der Waals surface area contributed by atoms with Crippen LogP contribution in [0.1, 0.15) is 43.7 Å². The number of amides is 1. The van der Waals surface area contributed by atoms with Crippen LogP contribution in [0, 0.1) is 17.7 Å². The standard InChI is InChI=1S/C24H27FN2O2/c25-18-7-3-6-16(12-18)17-8-9-21-20(13-17)23-19(22(14-28)26-21)10-11-27(23)24(29)15-4-1-2-5-15/h3,6-9,12-13,15,19,22-23,26,28H,1-2,4-5,10-11,14H2/t19-,22-,23-/m1/s1. The molecule has 2 N–H and O–H groups in total. The maximum absolute atomic E-state index is 13.8. The maximum Gasteiger partial charge on any atom is 0.226 e. The summed E-state index contributed by atoms with van der Waals surface area (Å²) in [6.45, 7) is 0.796. The number of rotatable bonds is 3. The lowest BCUT2D eigenvalue weighted by atomic mass is 9.82. The zero-order chi connectivity index (χ0) is 20.0. The Labute approximate surface area is 170 Å². The minimum absolute atomic E-state index is 0.0231. The third-order valence-corrected chi connectivity index (χ3v) is 7.01. The van der Waals surface area contributed by atoms with Crippen molar-refractivity contribution in [3.8, 4) is 11.1 Å². The van der Waals surface area contributed by atoms with Gasteiger partial charge in [0.25, 0.3) is 0 Å². The van der Waals surface area contributed by atoms with Crippen molar-refractivity contribution in [3.05, 3.63) is 53.8 Å². The Kier molecular flexibility index (Phi) is 4.78. The van der Waals surface area contributed by atoms with Gasteiger partial charge in [0.2, 0.25) is 5.91 Å². The lowest BCUT2D eigenvalue weighted by molar-refractivity contribution is -0.136. The fraction of sp³-hybridized carbons (Fsp3) is 0.458. The van der Waals surface area contributed by atoms with Crippen LogP contribution in [-0.4, -0.2) is 35.1 Å². The SMILES string of the molecule is O=C(C1CCCC1)N1CC[C@@H]2[C@@H](CO)Nc3ccc(-c4cccc(F)c4)cc3[C@@H]21. The number of likely N-dealkylation sites (tertiary alicyclic amines) is 1. The Morgan fingerprint density at radius 2 is 1.90 bits per heavy atom. The van der Waals surface area contributed by atoms with E-state index in [2.05, 4.69) is 16.3 Å². The molecule has 2 aromatic rings. The molecule has 3 atom stereocenters. The third-order valence-electron chi connectivity index (χ3n) is 7.01. The quantitative estimate of drug-likeness (QED) is 0.813. The van der Waals surface area contributed by atoms with Crippen LogP contribution in [0.4, 0.5) is 10.1 Å².